The molecule has 8 nitrogen and oxygen atoms in total. The standard InChI is InChI=1S/C20H25FN6O2/c1-14(2)17(18(28)24-16-7-4-3-6-15(16)21)25-20(29)27-12-10-26(11-13-27)19-22-8-5-9-23-19/h3-9,14,17H,10-13H2,1-2H3,(H,24,28)(H,25,29)/t17-/m1/s1. The summed E-state index contributed by atoms with van der Waals surface area (Å²) in [6, 6.07) is 6.60. The van der Waals surface area contributed by atoms with Gasteiger partial charge >= 0.3 is 6.03 Å². The number of urea groups is 1. The molecule has 1 aromatic heterocycles. The minimum absolute atomic E-state index is 0.0916. The molecule has 0 saturated carbocycles. The number of hydrogen-bond acceptors (Lipinski definition) is 5. The van der Waals surface area contributed by atoms with Crippen LogP contribution in [0, 0.1) is 11.7 Å². The topological polar surface area (TPSA) is 90.5 Å². The molecular formula is C20H25FN6O2. The molecular weight excluding hydrogens is 375 g/mol. The summed E-state index contributed by atoms with van der Waals surface area (Å²) in [5.41, 5.74) is 0.0916. The Bertz CT molecular complexity index is 840. The fraction of sp³-hybridized carbons (Fsp3) is 0.400. The van der Waals surface area contributed by atoms with Crippen molar-refractivity contribution in [2.24, 2.45) is 5.92 Å². The number of nitrogens with zero attached hydrogens (tertiary/aromatic N) is 4. The van der Waals surface area contributed by atoms with Crippen molar-refractivity contribution >= 4 is 23.6 Å². The van der Waals surface area contributed by atoms with Crippen molar-refractivity contribution in [3.63, 3.8) is 0 Å². The molecule has 1 aliphatic rings. The van der Waals surface area contributed by atoms with Gasteiger partial charge in [0.1, 0.15) is 11.9 Å². The average molecular weight is 400 g/mol. The second-order valence-corrected chi connectivity index (χ2v) is 7.16. The van der Waals surface area contributed by atoms with Crippen molar-refractivity contribution in [2.45, 2.75) is 19.9 Å². The number of aromatic nitrogens is 2. The summed E-state index contributed by atoms with van der Waals surface area (Å²) in [4.78, 5) is 37.4. The van der Waals surface area contributed by atoms with Gasteiger partial charge in [-0.2, -0.15) is 0 Å². The van der Waals surface area contributed by atoms with Crippen LogP contribution in [0.2, 0.25) is 0 Å². The monoisotopic (exact) mass is 400 g/mol. The van der Waals surface area contributed by atoms with Gasteiger partial charge in [-0.1, -0.05) is 26.0 Å². The van der Waals surface area contributed by atoms with Crippen LogP contribution in [0.3, 0.4) is 0 Å². The lowest BCUT2D eigenvalue weighted by molar-refractivity contribution is -0.118. The van der Waals surface area contributed by atoms with Crippen LogP contribution in [0.25, 0.3) is 0 Å². The van der Waals surface area contributed by atoms with Gasteiger partial charge in [0.15, 0.2) is 0 Å². The predicted octanol–water partition coefficient (Wildman–Crippen LogP) is 2.11. The lowest BCUT2D eigenvalue weighted by Crippen LogP contribution is -2.56. The van der Waals surface area contributed by atoms with E-state index in [9.17, 15) is 14.0 Å². The molecule has 2 N–H and O–H groups in total. The van der Waals surface area contributed by atoms with Crippen LogP contribution in [-0.2, 0) is 4.79 Å². The lowest BCUT2D eigenvalue weighted by atomic mass is 10.0. The molecule has 1 aromatic carbocycles. The number of carbonyl (C=O) groups excluding carboxylic acids is 2. The number of nitrogens with one attached hydrogen (secondary N) is 2. The minimum Gasteiger partial charge on any atom is -0.337 e. The summed E-state index contributed by atoms with van der Waals surface area (Å²) in [5.74, 6) is -0.495. The van der Waals surface area contributed by atoms with E-state index in [1.54, 1.807) is 35.5 Å². The smallest absolute Gasteiger partial charge is 0.318 e. The molecule has 9 heteroatoms. The molecule has 0 bridgehead atoms. The maximum Gasteiger partial charge on any atom is 0.318 e. The third kappa shape index (κ3) is 5.18. The van der Waals surface area contributed by atoms with Gasteiger partial charge in [-0.3, -0.25) is 4.79 Å². The summed E-state index contributed by atoms with van der Waals surface area (Å²) in [5, 5.41) is 5.34. The number of anilines is 2. The summed E-state index contributed by atoms with van der Waals surface area (Å²) in [7, 11) is 0. The third-order valence-electron chi connectivity index (χ3n) is 4.76. The van der Waals surface area contributed by atoms with Crippen LogP contribution in [0.1, 0.15) is 13.8 Å². The van der Waals surface area contributed by atoms with Crippen LogP contribution in [0.15, 0.2) is 42.7 Å². The van der Waals surface area contributed by atoms with Gasteiger partial charge < -0.3 is 20.4 Å². The number of halogens is 1. The Balaban J connectivity index is 1.57. The van der Waals surface area contributed by atoms with Crippen LogP contribution < -0.4 is 15.5 Å². The maximum absolute atomic E-state index is 13.8. The number of carbonyl (C=O) groups is 2. The normalized spacial score (nSPS) is 15.2. The van der Waals surface area contributed by atoms with Gasteiger partial charge in [-0.05, 0) is 24.1 Å². The molecule has 2 aromatic rings. The van der Waals surface area contributed by atoms with E-state index >= 15 is 0 Å². The Kier molecular flexibility index (Phi) is 6.58. The van der Waals surface area contributed by atoms with E-state index in [0.717, 1.165) is 0 Å². The number of hydrogen-bond donors (Lipinski definition) is 2. The largest absolute Gasteiger partial charge is 0.337 e. The Morgan fingerprint density at radius 3 is 2.31 bits per heavy atom. The van der Waals surface area contributed by atoms with E-state index in [1.807, 2.05) is 18.7 Å². The summed E-state index contributed by atoms with van der Waals surface area (Å²) < 4.78 is 13.8. The molecule has 29 heavy (non-hydrogen) atoms. The predicted molar refractivity (Wildman–Crippen MR) is 108 cm³/mol. The molecule has 0 radical (unpaired) electrons. The molecule has 3 rings (SSSR count). The highest BCUT2D eigenvalue weighted by Gasteiger charge is 2.29. The van der Waals surface area contributed by atoms with E-state index in [0.29, 0.717) is 32.1 Å². The zero-order valence-corrected chi connectivity index (χ0v) is 16.5. The summed E-state index contributed by atoms with van der Waals surface area (Å²) in [6.45, 7) is 5.84. The van der Waals surface area contributed by atoms with Crippen molar-refractivity contribution in [3.05, 3.63) is 48.5 Å². The quantitative estimate of drug-likeness (QED) is 0.802. The summed E-state index contributed by atoms with van der Waals surface area (Å²) in [6.07, 6.45) is 3.37. The number of piperazine rings is 1. The molecule has 0 unspecified atom stereocenters. The SMILES string of the molecule is CC(C)[C@@H](NC(=O)N1CCN(c2ncccn2)CC1)C(=O)Nc1ccccc1F. The molecule has 0 spiro atoms. The van der Waals surface area contributed by atoms with Crippen LogP contribution in [-0.4, -0.2) is 59.0 Å². The molecule has 1 atom stereocenters. The first kappa shape index (κ1) is 20.5. The molecule has 154 valence electrons. The van der Waals surface area contributed by atoms with Crippen molar-refractivity contribution < 1.29 is 14.0 Å². The van der Waals surface area contributed by atoms with Crippen molar-refractivity contribution in [3.8, 4) is 0 Å². The first-order valence-electron chi connectivity index (χ1n) is 9.58. The number of amides is 3. The third-order valence-corrected chi connectivity index (χ3v) is 4.76. The molecule has 3 amide bonds. The lowest BCUT2D eigenvalue weighted by Gasteiger charge is -2.35. The number of rotatable bonds is 5. The zero-order valence-electron chi connectivity index (χ0n) is 16.5. The first-order chi connectivity index (χ1) is 14.0. The molecule has 1 fully saturated rings. The molecule has 0 aliphatic carbocycles. The van der Waals surface area contributed by atoms with Crippen molar-refractivity contribution in [1.29, 1.82) is 0 Å². The highest BCUT2D eigenvalue weighted by atomic mass is 19.1. The minimum atomic E-state index is -0.780. The van der Waals surface area contributed by atoms with Crippen LogP contribution in [0.5, 0.6) is 0 Å². The molecule has 2 heterocycles. The van der Waals surface area contributed by atoms with E-state index in [2.05, 4.69) is 20.6 Å². The van der Waals surface area contributed by atoms with Crippen molar-refractivity contribution in [2.75, 3.05) is 36.4 Å². The van der Waals surface area contributed by atoms with Crippen LogP contribution in [0.4, 0.5) is 20.8 Å². The van der Waals surface area contributed by atoms with Gasteiger partial charge in [-0.15, -0.1) is 0 Å². The number of benzene rings is 1. The first-order valence-corrected chi connectivity index (χ1v) is 9.58. The second-order valence-electron chi connectivity index (χ2n) is 7.16. The highest BCUT2D eigenvalue weighted by Crippen LogP contribution is 2.15. The van der Waals surface area contributed by atoms with Gasteiger partial charge in [0, 0.05) is 38.6 Å². The Morgan fingerprint density at radius 2 is 1.69 bits per heavy atom. The fourth-order valence-electron chi connectivity index (χ4n) is 3.10. The second kappa shape index (κ2) is 9.31. The molecule has 1 saturated heterocycles. The number of para-hydroxylation sites is 1. The Morgan fingerprint density at radius 1 is 1.03 bits per heavy atom. The van der Waals surface area contributed by atoms with Gasteiger partial charge in [-0.25, -0.2) is 19.2 Å². The Labute approximate surface area is 169 Å². The van der Waals surface area contributed by atoms with Gasteiger partial charge in [0.05, 0.1) is 5.69 Å². The zero-order chi connectivity index (χ0) is 20.8. The van der Waals surface area contributed by atoms with Gasteiger partial charge in [0.2, 0.25) is 11.9 Å². The summed E-state index contributed by atoms with van der Waals surface area (Å²) >= 11 is 0. The molecule has 1 aliphatic heterocycles. The van der Waals surface area contributed by atoms with E-state index in [4.69, 9.17) is 0 Å². The maximum atomic E-state index is 13.8. The van der Waals surface area contributed by atoms with E-state index in [1.165, 1.54) is 12.1 Å². The Hall–Kier alpha value is -3.23. The van der Waals surface area contributed by atoms with Crippen LogP contribution >= 0.6 is 0 Å². The van der Waals surface area contributed by atoms with Crippen molar-refractivity contribution in [1.82, 2.24) is 20.2 Å². The fourth-order valence-corrected chi connectivity index (χ4v) is 3.10. The van der Waals surface area contributed by atoms with E-state index < -0.39 is 17.8 Å². The van der Waals surface area contributed by atoms with Gasteiger partial charge in [0.25, 0.3) is 0 Å². The average Bonchev–Trinajstić information content (AvgIpc) is 2.74. The highest BCUT2D eigenvalue weighted by molar-refractivity contribution is 5.97. The van der Waals surface area contributed by atoms with E-state index in [-0.39, 0.29) is 17.6 Å².